The minimum atomic E-state index is -4.01. The van der Waals surface area contributed by atoms with E-state index in [0.29, 0.717) is 13.2 Å². The maximum absolute atomic E-state index is 13.9. The second-order valence-corrected chi connectivity index (χ2v) is 7.17. The molecule has 134 valence electrons. The molecular formula is C17H19FN2O4S. The van der Waals surface area contributed by atoms with Gasteiger partial charge in [0.1, 0.15) is 5.82 Å². The minimum absolute atomic E-state index is 0.0718. The van der Waals surface area contributed by atoms with Crippen LogP contribution in [0.1, 0.15) is 10.4 Å². The summed E-state index contributed by atoms with van der Waals surface area (Å²) < 4.78 is 45.0. The molecule has 0 saturated heterocycles. The Morgan fingerprint density at radius 1 is 1.20 bits per heavy atom. The first-order valence-corrected chi connectivity index (χ1v) is 8.92. The van der Waals surface area contributed by atoms with Gasteiger partial charge in [-0.3, -0.25) is 9.10 Å². The van der Waals surface area contributed by atoms with Gasteiger partial charge in [0.15, 0.2) is 0 Å². The molecule has 0 radical (unpaired) electrons. The Bertz CT molecular complexity index is 855. The monoisotopic (exact) mass is 366 g/mol. The van der Waals surface area contributed by atoms with Gasteiger partial charge in [0.05, 0.1) is 17.2 Å². The lowest BCUT2D eigenvalue weighted by molar-refractivity contribution is 0.0937. The number of sulfonamides is 1. The number of halogens is 1. The average Bonchev–Trinajstić information content (AvgIpc) is 2.61. The molecule has 0 saturated carbocycles. The van der Waals surface area contributed by atoms with Crippen molar-refractivity contribution >= 4 is 21.6 Å². The first kappa shape index (κ1) is 18.9. The smallest absolute Gasteiger partial charge is 0.264 e. The molecular weight excluding hydrogens is 347 g/mol. The molecule has 8 heteroatoms. The number of rotatable bonds is 7. The molecule has 0 unspecified atom stereocenters. The van der Waals surface area contributed by atoms with Crippen LogP contribution in [0, 0.1) is 5.82 Å². The first-order valence-electron chi connectivity index (χ1n) is 7.48. The lowest BCUT2D eigenvalue weighted by atomic mass is 10.2. The molecule has 0 bridgehead atoms. The van der Waals surface area contributed by atoms with Crippen LogP contribution in [0.5, 0.6) is 0 Å². The van der Waals surface area contributed by atoms with E-state index in [0.717, 1.165) is 4.31 Å². The predicted octanol–water partition coefficient (Wildman–Crippen LogP) is 2.03. The average molecular weight is 366 g/mol. The summed E-state index contributed by atoms with van der Waals surface area (Å²) in [4.78, 5) is 12.0. The van der Waals surface area contributed by atoms with E-state index in [1.807, 2.05) is 0 Å². The summed E-state index contributed by atoms with van der Waals surface area (Å²) in [5.74, 6) is -1.07. The van der Waals surface area contributed by atoms with Gasteiger partial charge >= 0.3 is 0 Å². The Balaban J connectivity index is 2.29. The van der Waals surface area contributed by atoms with E-state index in [9.17, 15) is 17.6 Å². The molecule has 0 aliphatic carbocycles. The van der Waals surface area contributed by atoms with E-state index in [1.54, 1.807) is 6.07 Å². The van der Waals surface area contributed by atoms with E-state index in [4.69, 9.17) is 4.74 Å². The number of anilines is 1. The van der Waals surface area contributed by atoms with E-state index >= 15 is 0 Å². The Morgan fingerprint density at radius 3 is 2.60 bits per heavy atom. The van der Waals surface area contributed by atoms with E-state index < -0.39 is 21.7 Å². The molecule has 6 nitrogen and oxygen atoms in total. The lowest BCUT2D eigenvalue weighted by Gasteiger charge is -2.20. The molecule has 0 fully saturated rings. The molecule has 0 aliphatic rings. The molecule has 0 atom stereocenters. The van der Waals surface area contributed by atoms with Gasteiger partial charge in [-0.1, -0.05) is 18.2 Å². The van der Waals surface area contributed by atoms with Gasteiger partial charge in [-0.15, -0.1) is 0 Å². The van der Waals surface area contributed by atoms with Crippen LogP contribution < -0.4 is 9.62 Å². The summed E-state index contributed by atoms with van der Waals surface area (Å²) in [5.41, 5.74) is 0.122. The lowest BCUT2D eigenvalue weighted by Crippen LogP contribution is -2.29. The summed E-state index contributed by atoms with van der Waals surface area (Å²) >= 11 is 0. The molecule has 1 amide bonds. The number of carbonyl (C=O) groups excluding carboxylic acids is 1. The van der Waals surface area contributed by atoms with Crippen LogP contribution in [-0.2, 0) is 14.8 Å². The third-order valence-electron chi connectivity index (χ3n) is 3.54. The van der Waals surface area contributed by atoms with Crippen molar-refractivity contribution in [2.45, 2.75) is 4.90 Å². The fourth-order valence-electron chi connectivity index (χ4n) is 2.16. The van der Waals surface area contributed by atoms with Gasteiger partial charge in [-0.05, 0) is 30.3 Å². The third kappa shape index (κ3) is 4.34. The Labute approximate surface area is 146 Å². The van der Waals surface area contributed by atoms with Gasteiger partial charge in [-0.2, -0.15) is 0 Å². The topological polar surface area (TPSA) is 75.7 Å². The Morgan fingerprint density at radius 2 is 1.92 bits per heavy atom. The van der Waals surface area contributed by atoms with Gasteiger partial charge in [-0.25, -0.2) is 12.8 Å². The molecule has 0 aliphatic heterocycles. The van der Waals surface area contributed by atoms with E-state index in [-0.39, 0.29) is 16.1 Å². The van der Waals surface area contributed by atoms with E-state index in [1.165, 1.54) is 56.6 Å². The SMILES string of the molecule is COCCNC(=O)c1cccc(S(=O)(=O)N(C)c2ccccc2F)c1. The van der Waals surface area contributed by atoms with Crippen molar-refractivity contribution in [3.8, 4) is 0 Å². The van der Waals surface area contributed by atoms with Crippen LogP contribution in [-0.4, -0.2) is 41.6 Å². The fourth-order valence-corrected chi connectivity index (χ4v) is 3.41. The number of ether oxygens (including phenoxy) is 1. The van der Waals surface area contributed by atoms with Gasteiger partial charge in [0.25, 0.3) is 15.9 Å². The zero-order valence-corrected chi connectivity index (χ0v) is 14.7. The molecule has 2 aromatic carbocycles. The largest absolute Gasteiger partial charge is 0.383 e. The number of hydrogen-bond acceptors (Lipinski definition) is 4. The number of para-hydroxylation sites is 1. The van der Waals surface area contributed by atoms with Crippen LogP contribution in [0.3, 0.4) is 0 Å². The van der Waals surface area contributed by atoms with Gasteiger partial charge in [0.2, 0.25) is 0 Å². The van der Waals surface area contributed by atoms with Crippen molar-refractivity contribution in [3.05, 3.63) is 59.9 Å². The Hall–Kier alpha value is -2.45. The Kier molecular flexibility index (Phi) is 6.11. The number of nitrogens with zero attached hydrogens (tertiary/aromatic N) is 1. The molecule has 1 N–H and O–H groups in total. The summed E-state index contributed by atoms with van der Waals surface area (Å²) in [7, 11) is -1.23. The van der Waals surface area contributed by atoms with E-state index in [2.05, 4.69) is 5.32 Å². The highest BCUT2D eigenvalue weighted by atomic mass is 32.2. The fraction of sp³-hybridized carbons (Fsp3) is 0.235. The van der Waals surface area contributed by atoms with Crippen molar-refractivity contribution < 1.29 is 22.3 Å². The van der Waals surface area contributed by atoms with Crippen LogP contribution in [0.25, 0.3) is 0 Å². The summed E-state index contributed by atoms with van der Waals surface area (Å²) in [6, 6.07) is 11.2. The zero-order valence-electron chi connectivity index (χ0n) is 13.9. The summed E-state index contributed by atoms with van der Waals surface area (Å²) in [6.45, 7) is 0.654. The summed E-state index contributed by atoms with van der Waals surface area (Å²) in [6.07, 6.45) is 0. The zero-order chi connectivity index (χ0) is 18.4. The standard InChI is InChI=1S/C17H19FN2O4S/c1-20(16-9-4-3-8-15(16)18)25(22,23)14-7-5-6-13(12-14)17(21)19-10-11-24-2/h3-9,12H,10-11H2,1-2H3,(H,19,21). The van der Waals surface area contributed by atoms with Crippen LogP contribution in [0.4, 0.5) is 10.1 Å². The van der Waals surface area contributed by atoms with Crippen LogP contribution in [0.15, 0.2) is 53.4 Å². The van der Waals surface area contributed by atoms with Gasteiger partial charge in [0, 0.05) is 26.3 Å². The van der Waals surface area contributed by atoms with Crippen molar-refractivity contribution in [2.24, 2.45) is 0 Å². The highest BCUT2D eigenvalue weighted by Gasteiger charge is 2.24. The molecule has 2 rings (SSSR count). The minimum Gasteiger partial charge on any atom is -0.383 e. The maximum atomic E-state index is 13.9. The highest BCUT2D eigenvalue weighted by molar-refractivity contribution is 7.92. The molecule has 0 spiro atoms. The van der Waals surface area contributed by atoms with Crippen molar-refractivity contribution in [1.82, 2.24) is 5.32 Å². The second-order valence-electron chi connectivity index (χ2n) is 5.20. The normalized spacial score (nSPS) is 11.2. The predicted molar refractivity (Wildman–Crippen MR) is 92.6 cm³/mol. The van der Waals surface area contributed by atoms with Crippen LogP contribution >= 0.6 is 0 Å². The third-order valence-corrected chi connectivity index (χ3v) is 5.31. The van der Waals surface area contributed by atoms with Crippen molar-refractivity contribution in [2.75, 3.05) is 31.6 Å². The van der Waals surface area contributed by atoms with Crippen molar-refractivity contribution in [3.63, 3.8) is 0 Å². The van der Waals surface area contributed by atoms with Gasteiger partial charge < -0.3 is 10.1 Å². The quantitative estimate of drug-likeness (QED) is 0.761. The number of amides is 1. The molecule has 0 heterocycles. The molecule has 0 aromatic heterocycles. The number of benzene rings is 2. The summed E-state index contributed by atoms with van der Waals surface area (Å²) in [5, 5.41) is 2.62. The first-order chi connectivity index (χ1) is 11.9. The number of hydrogen-bond donors (Lipinski definition) is 1. The highest BCUT2D eigenvalue weighted by Crippen LogP contribution is 2.24. The number of nitrogens with one attached hydrogen (secondary N) is 1. The molecule has 2 aromatic rings. The molecule has 25 heavy (non-hydrogen) atoms. The number of carbonyl (C=O) groups is 1. The maximum Gasteiger partial charge on any atom is 0.264 e. The van der Waals surface area contributed by atoms with Crippen LogP contribution in [0.2, 0.25) is 0 Å². The number of methoxy groups -OCH3 is 1. The second kappa shape index (κ2) is 8.09. The van der Waals surface area contributed by atoms with Crippen molar-refractivity contribution in [1.29, 1.82) is 0 Å².